The van der Waals surface area contributed by atoms with E-state index in [4.69, 9.17) is 5.73 Å². The van der Waals surface area contributed by atoms with Crippen LogP contribution in [0.1, 0.15) is 26.2 Å². The van der Waals surface area contributed by atoms with E-state index >= 15 is 0 Å². The molecule has 1 saturated heterocycles. The van der Waals surface area contributed by atoms with E-state index in [0.717, 1.165) is 19.1 Å². The summed E-state index contributed by atoms with van der Waals surface area (Å²) in [4.78, 5) is 13.5. The van der Waals surface area contributed by atoms with Gasteiger partial charge in [0.15, 0.2) is 0 Å². The van der Waals surface area contributed by atoms with E-state index in [1.54, 1.807) is 11.8 Å². The molecule has 0 radical (unpaired) electrons. The van der Waals surface area contributed by atoms with Crippen LogP contribution in [0.25, 0.3) is 0 Å². The van der Waals surface area contributed by atoms with Gasteiger partial charge in [0.05, 0.1) is 6.26 Å². The lowest BCUT2D eigenvalue weighted by molar-refractivity contribution is -0.132. The van der Waals surface area contributed by atoms with Gasteiger partial charge in [-0.15, -0.1) is 0 Å². The quantitative estimate of drug-likeness (QED) is 0.699. The minimum atomic E-state index is -3.21. The summed E-state index contributed by atoms with van der Waals surface area (Å²) in [6, 6.07) is -0.332. The number of nitrogens with two attached hydrogens (primary N) is 1. The van der Waals surface area contributed by atoms with E-state index in [1.165, 1.54) is 0 Å². The molecule has 1 aliphatic rings. The topological polar surface area (TPSA) is 92.5 Å². The lowest BCUT2D eigenvalue weighted by Gasteiger charge is -2.33. The maximum absolute atomic E-state index is 11.8. The first-order chi connectivity index (χ1) is 7.78. The van der Waals surface area contributed by atoms with Gasteiger partial charge in [-0.2, -0.15) is 0 Å². The molecule has 7 heteroatoms. The summed E-state index contributed by atoms with van der Waals surface area (Å²) in [6.07, 6.45) is 3.04. The van der Waals surface area contributed by atoms with Crippen LogP contribution in [0.2, 0.25) is 0 Å². The molecule has 0 aliphatic carbocycles. The molecule has 3 N–H and O–H groups in total. The van der Waals surface area contributed by atoms with Crippen molar-refractivity contribution in [2.75, 3.05) is 19.3 Å². The van der Waals surface area contributed by atoms with Gasteiger partial charge in [0.25, 0.3) is 0 Å². The third kappa shape index (κ3) is 5.47. The molecule has 1 fully saturated rings. The van der Waals surface area contributed by atoms with Gasteiger partial charge in [-0.3, -0.25) is 4.79 Å². The van der Waals surface area contributed by atoms with Gasteiger partial charge in [-0.05, 0) is 19.8 Å². The lowest BCUT2D eigenvalue weighted by Crippen LogP contribution is -2.50. The van der Waals surface area contributed by atoms with Gasteiger partial charge in [0, 0.05) is 31.6 Å². The van der Waals surface area contributed by atoms with Gasteiger partial charge in [0.1, 0.15) is 0 Å². The number of nitrogens with one attached hydrogen (secondary N) is 1. The molecule has 0 saturated carbocycles. The van der Waals surface area contributed by atoms with Crippen molar-refractivity contribution in [3.05, 3.63) is 0 Å². The maximum Gasteiger partial charge on any atom is 0.224 e. The molecule has 0 aromatic heterocycles. The number of hydrogen-bond donors (Lipinski definition) is 2. The SMILES string of the molecule is CC(N)CC(=O)N1CCCC(NS(C)(=O)=O)C1. The average Bonchev–Trinajstić information content (AvgIpc) is 2.14. The Morgan fingerprint density at radius 1 is 1.59 bits per heavy atom. The van der Waals surface area contributed by atoms with Crippen LogP contribution >= 0.6 is 0 Å². The summed E-state index contributed by atoms with van der Waals surface area (Å²) < 4.78 is 24.8. The van der Waals surface area contributed by atoms with Crippen LogP contribution in [0.4, 0.5) is 0 Å². The van der Waals surface area contributed by atoms with E-state index in [2.05, 4.69) is 4.72 Å². The molecular formula is C10H21N3O3S. The van der Waals surface area contributed by atoms with Gasteiger partial charge < -0.3 is 10.6 Å². The lowest BCUT2D eigenvalue weighted by atomic mass is 10.1. The Morgan fingerprint density at radius 2 is 2.24 bits per heavy atom. The van der Waals surface area contributed by atoms with Crippen LogP contribution in [-0.4, -0.2) is 50.7 Å². The maximum atomic E-state index is 11.8. The van der Waals surface area contributed by atoms with Crippen molar-refractivity contribution in [2.24, 2.45) is 5.73 Å². The van der Waals surface area contributed by atoms with Crippen LogP contribution in [-0.2, 0) is 14.8 Å². The molecule has 17 heavy (non-hydrogen) atoms. The molecule has 0 aromatic carbocycles. The van der Waals surface area contributed by atoms with Crippen LogP contribution in [0.3, 0.4) is 0 Å². The zero-order valence-corrected chi connectivity index (χ0v) is 11.2. The molecule has 0 bridgehead atoms. The second-order valence-electron chi connectivity index (χ2n) is 4.75. The number of amides is 1. The van der Waals surface area contributed by atoms with Gasteiger partial charge in [-0.1, -0.05) is 0 Å². The molecule has 100 valence electrons. The van der Waals surface area contributed by atoms with Crippen molar-refractivity contribution in [1.29, 1.82) is 0 Å². The van der Waals surface area contributed by atoms with Crippen LogP contribution in [0.15, 0.2) is 0 Å². The van der Waals surface area contributed by atoms with Crippen molar-refractivity contribution < 1.29 is 13.2 Å². The van der Waals surface area contributed by atoms with Crippen molar-refractivity contribution in [3.8, 4) is 0 Å². The number of likely N-dealkylation sites (tertiary alicyclic amines) is 1. The standard InChI is InChI=1S/C10H21N3O3S/c1-8(11)6-10(14)13-5-3-4-9(7-13)12-17(2,15)16/h8-9,12H,3-7,11H2,1-2H3. The predicted molar refractivity (Wildman–Crippen MR) is 65.8 cm³/mol. The summed E-state index contributed by atoms with van der Waals surface area (Å²) in [5, 5.41) is 0. The number of sulfonamides is 1. The summed E-state index contributed by atoms with van der Waals surface area (Å²) in [7, 11) is -3.21. The molecule has 0 aromatic rings. The summed E-state index contributed by atoms with van der Waals surface area (Å²) in [5.41, 5.74) is 5.58. The summed E-state index contributed by atoms with van der Waals surface area (Å²) in [6.45, 7) is 2.92. The third-order valence-corrected chi connectivity index (χ3v) is 3.41. The van der Waals surface area contributed by atoms with Gasteiger partial charge >= 0.3 is 0 Å². The van der Waals surface area contributed by atoms with E-state index < -0.39 is 10.0 Å². The smallest absolute Gasteiger partial charge is 0.224 e. The molecule has 1 heterocycles. The highest BCUT2D eigenvalue weighted by atomic mass is 32.2. The molecule has 1 rings (SSSR count). The summed E-state index contributed by atoms with van der Waals surface area (Å²) >= 11 is 0. The first kappa shape index (κ1) is 14.4. The second-order valence-corrected chi connectivity index (χ2v) is 6.53. The number of carbonyl (C=O) groups is 1. The predicted octanol–water partition coefficient (Wildman–Crippen LogP) is -0.736. The van der Waals surface area contributed by atoms with Crippen LogP contribution in [0.5, 0.6) is 0 Å². The number of nitrogens with zero attached hydrogens (tertiary/aromatic N) is 1. The van der Waals surface area contributed by atoms with E-state index in [1.807, 2.05) is 0 Å². The monoisotopic (exact) mass is 263 g/mol. The van der Waals surface area contributed by atoms with Crippen molar-refractivity contribution in [2.45, 2.75) is 38.3 Å². The van der Waals surface area contributed by atoms with Crippen molar-refractivity contribution >= 4 is 15.9 Å². The Labute approximate surface area is 103 Å². The minimum Gasteiger partial charge on any atom is -0.341 e. The Morgan fingerprint density at radius 3 is 2.76 bits per heavy atom. The number of hydrogen-bond acceptors (Lipinski definition) is 4. The highest BCUT2D eigenvalue weighted by Crippen LogP contribution is 2.12. The number of rotatable bonds is 4. The molecule has 1 aliphatic heterocycles. The van der Waals surface area contributed by atoms with Gasteiger partial charge in [0.2, 0.25) is 15.9 Å². The van der Waals surface area contributed by atoms with Crippen molar-refractivity contribution in [1.82, 2.24) is 9.62 Å². The van der Waals surface area contributed by atoms with Gasteiger partial charge in [-0.25, -0.2) is 13.1 Å². The number of carbonyl (C=O) groups excluding carboxylic acids is 1. The second kappa shape index (κ2) is 5.79. The Hall–Kier alpha value is -0.660. The molecule has 1 amide bonds. The van der Waals surface area contributed by atoms with Crippen molar-refractivity contribution in [3.63, 3.8) is 0 Å². The number of piperidine rings is 1. The first-order valence-corrected chi connectivity index (χ1v) is 7.67. The first-order valence-electron chi connectivity index (χ1n) is 5.78. The molecule has 2 unspecified atom stereocenters. The zero-order chi connectivity index (χ0) is 13.1. The molecule has 0 spiro atoms. The Kier molecular flexibility index (Phi) is 4.91. The largest absolute Gasteiger partial charge is 0.341 e. The molecule has 6 nitrogen and oxygen atoms in total. The van der Waals surface area contributed by atoms with E-state index in [0.29, 0.717) is 19.5 Å². The normalized spacial score (nSPS) is 23.5. The zero-order valence-electron chi connectivity index (χ0n) is 10.3. The summed E-state index contributed by atoms with van der Waals surface area (Å²) in [5.74, 6) is 0.000000945. The Bertz CT molecular complexity index is 367. The van der Waals surface area contributed by atoms with Crippen LogP contribution < -0.4 is 10.5 Å². The highest BCUT2D eigenvalue weighted by molar-refractivity contribution is 7.88. The molecule has 2 atom stereocenters. The minimum absolute atomic E-state index is 0.000000945. The van der Waals surface area contributed by atoms with Crippen LogP contribution in [0, 0.1) is 0 Å². The Balaban J connectivity index is 2.52. The highest BCUT2D eigenvalue weighted by Gasteiger charge is 2.25. The fourth-order valence-corrected chi connectivity index (χ4v) is 2.81. The average molecular weight is 263 g/mol. The molecular weight excluding hydrogens is 242 g/mol. The fourth-order valence-electron chi connectivity index (χ4n) is 2.01. The van der Waals surface area contributed by atoms with E-state index in [9.17, 15) is 13.2 Å². The van der Waals surface area contributed by atoms with E-state index in [-0.39, 0.29) is 18.0 Å². The fraction of sp³-hybridized carbons (Fsp3) is 0.900. The third-order valence-electron chi connectivity index (χ3n) is 2.65.